The minimum Gasteiger partial charge on any atom is -0.341 e. The number of aromatic amines is 1. The maximum absolute atomic E-state index is 13.0. The average molecular weight is 384 g/mol. The van der Waals surface area contributed by atoms with Crippen LogP contribution in [0.15, 0.2) is 60.7 Å². The zero-order valence-corrected chi connectivity index (χ0v) is 14.7. The third-order valence-corrected chi connectivity index (χ3v) is 4.32. The maximum atomic E-state index is 13.0. The lowest BCUT2D eigenvalue weighted by Crippen LogP contribution is -2.13. The normalized spacial score (nSPS) is 11.7. The number of hydrogen-bond acceptors (Lipinski definition) is 2. The summed E-state index contributed by atoms with van der Waals surface area (Å²) < 4.78 is 40.2. The molecule has 0 saturated carbocycles. The molecule has 0 unspecified atom stereocenters. The number of anilines is 1. The van der Waals surface area contributed by atoms with Crippen molar-refractivity contribution < 1.29 is 18.0 Å². The first-order chi connectivity index (χ1) is 13.3. The lowest BCUT2D eigenvalue weighted by molar-refractivity contribution is -0.137. The molecule has 4 aromatic rings. The number of aryl methyl sites for hydroxylation is 1. The van der Waals surface area contributed by atoms with Gasteiger partial charge in [0.1, 0.15) is 5.82 Å². The standard InChI is InChI=1S/C20H15F3N4O/c1-12-9-17(19(28)25-18-10-13-5-2-3-8-16(13)24-18)26-27(12)15-7-4-6-14(11-15)20(21,22)23/h2-11,24H,1H3,(H,25,28). The second-order valence-corrected chi connectivity index (χ2v) is 6.36. The summed E-state index contributed by atoms with van der Waals surface area (Å²) in [7, 11) is 0. The highest BCUT2D eigenvalue weighted by atomic mass is 19.4. The number of carbonyl (C=O) groups excluding carboxylic acids is 1. The Kier molecular flexibility index (Phi) is 4.18. The average Bonchev–Trinajstić information content (AvgIpc) is 3.24. The zero-order valence-electron chi connectivity index (χ0n) is 14.7. The van der Waals surface area contributed by atoms with Crippen molar-refractivity contribution in [2.45, 2.75) is 13.1 Å². The molecule has 0 aliphatic rings. The molecule has 2 aromatic carbocycles. The number of nitrogens with zero attached hydrogens (tertiary/aromatic N) is 2. The molecule has 5 nitrogen and oxygen atoms in total. The van der Waals surface area contributed by atoms with Crippen LogP contribution in [0.3, 0.4) is 0 Å². The van der Waals surface area contributed by atoms with Gasteiger partial charge in [-0.15, -0.1) is 0 Å². The van der Waals surface area contributed by atoms with E-state index in [1.165, 1.54) is 22.9 Å². The molecule has 4 rings (SSSR count). The number of amides is 1. The summed E-state index contributed by atoms with van der Waals surface area (Å²) in [6.45, 7) is 1.67. The molecule has 0 saturated heterocycles. The van der Waals surface area contributed by atoms with Crippen LogP contribution in [0.5, 0.6) is 0 Å². The Bertz CT molecular complexity index is 1140. The second kappa shape index (κ2) is 6.56. The Morgan fingerprint density at radius 1 is 1.07 bits per heavy atom. The van der Waals surface area contributed by atoms with Gasteiger partial charge in [-0.3, -0.25) is 4.79 Å². The van der Waals surface area contributed by atoms with E-state index in [1.807, 2.05) is 24.3 Å². The summed E-state index contributed by atoms with van der Waals surface area (Å²) >= 11 is 0. The second-order valence-electron chi connectivity index (χ2n) is 6.36. The highest BCUT2D eigenvalue weighted by molar-refractivity contribution is 6.03. The van der Waals surface area contributed by atoms with Crippen molar-refractivity contribution in [2.24, 2.45) is 0 Å². The van der Waals surface area contributed by atoms with E-state index in [2.05, 4.69) is 15.4 Å². The fourth-order valence-corrected chi connectivity index (χ4v) is 2.99. The van der Waals surface area contributed by atoms with Crippen LogP contribution in [0, 0.1) is 6.92 Å². The van der Waals surface area contributed by atoms with E-state index in [9.17, 15) is 18.0 Å². The molecular formula is C20H15F3N4O. The number of H-pyrrole nitrogens is 1. The first-order valence-corrected chi connectivity index (χ1v) is 8.45. The molecule has 0 spiro atoms. The molecule has 8 heteroatoms. The van der Waals surface area contributed by atoms with Crippen molar-refractivity contribution in [3.8, 4) is 5.69 Å². The summed E-state index contributed by atoms with van der Waals surface area (Å²) in [5, 5.41) is 7.85. The molecule has 2 heterocycles. The highest BCUT2D eigenvalue weighted by Crippen LogP contribution is 2.30. The monoisotopic (exact) mass is 384 g/mol. The van der Waals surface area contributed by atoms with Gasteiger partial charge in [0.25, 0.3) is 5.91 Å². The van der Waals surface area contributed by atoms with Crippen molar-refractivity contribution >= 4 is 22.6 Å². The van der Waals surface area contributed by atoms with Gasteiger partial charge in [-0.05, 0) is 43.3 Å². The Labute approximate surface area is 157 Å². The number of para-hydroxylation sites is 1. The molecule has 2 aromatic heterocycles. The predicted octanol–water partition coefficient (Wildman–Crippen LogP) is 4.93. The summed E-state index contributed by atoms with van der Waals surface area (Å²) in [5.74, 6) is 0.0536. The van der Waals surface area contributed by atoms with Gasteiger partial charge >= 0.3 is 6.18 Å². The summed E-state index contributed by atoms with van der Waals surface area (Å²) in [6.07, 6.45) is -4.45. The lowest BCUT2D eigenvalue weighted by atomic mass is 10.2. The summed E-state index contributed by atoms with van der Waals surface area (Å²) in [6, 6.07) is 15.7. The molecular weight excluding hydrogens is 369 g/mol. The van der Waals surface area contributed by atoms with Crippen molar-refractivity contribution in [2.75, 3.05) is 5.32 Å². The molecule has 2 N–H and O–H groups in total. The van der Waals surface area contributed by atoms with E-state index in [0.29, 0.717) is 11.5 Å². The number of carbonyl (C=O) groups is 1. The Hall–Kier alpha value is -3.55. The van der Waals surface area contributed by atoms with Crippen LogP contribution in [-0.4, -0.2) is 20.7 Å². The Morgan fingerprint density at radius 2 is 1.86 bits per heavy atom. The first-order valence-electron chi connectivity index (χ1n) is 8.45. The summed E-state index contributed by atoms with van der Waals surface area (Å²) in [4.78, 5) is 15.6. The van der Waals surface area contributed by atoms with Crippen molar-refractivity contribution in [1.82, 2.24) is 14.8 Å². The van der Waals surface area contributed by atoms with Gasteiger partial charge in [0, 0.05) is 16.6 Å². The number of nitrogens with one attached hydrogen (secondary N) is 2. The number of aromatic nitrogens is 3. The largest absolute Gasteiger partial charge is 0.416 e. The fourth-order valence-electron chi connectivity index (χ4n) is 2.99. The fraction of sp³-hybridized carbons (Fsp3) is 0.100. The molecule has 1 amide bonds. The van der Waals surface area contributed by atoms with E-state index in [1.54, 1.807) is 13.0 Å². The van der Waals surface area contributed by atoms with Crippen molar-refractivity contribution in [1.29, 1.82) is 0 Å². The van der Waals surface area contributed by atoms with Gasteiger partial charge in [-0.2, -0.15) is 18.3 Å². The third kappa shape index (κ3) is 3.36. The number of fused-ring (bicyclic) bond motifs is 1. The van der Waals surface area contributed by atoms with Crippen LogP contribution in [-0.2, 0) is 6.18 Å². The third-order valence-electron chi connectivity index (χ3n) is 4.32. The van der Waals surface area contributed by atoms with Crippen molar-refractivity contribution in [3.05, 3.63) is 77.6 Å². The number of alkyl halides is 3. The van der Waals surface area contributed by atoms with Crippen LogP contribution < -0.4 is 5.32 Å². The first kappa shape index (κ1) is 17.8. The van der Waals surface area contributed by atoms with Crippen LogP contribution in [0.2, 0.25) is 0 Å². The SMILES string of the molecule is Cc1cc(C(=O)Nc2cc3ccccc3[nH]2)nn1-c1cccc(C(F)(F)F)c1. The summed E-state index contributed by atoms with van der Waals surface area (Å²) in [5.41, 5.74) is 0.985. The van der Waals surface area contributed by atoms with Gasteiger partial charge in [-0.25, -0.2) is 4.68 Å². The Balaban J connectivity index is 1.61. The van der Waals surface area contributed by atoms with Gasteiger partial charge in [0.15, 0.2) is 5.69 Å². The number of benzene rings is 2. The van der Waals surface area contributed by atoms with E-state index >= 15 is 0 Å². The topological polar surface area (TPSA) is 62.7 Å². The molecule has 0 aliphatic carbocycles. The highest BCUT2D eigenvalue weighted by Gasteiger charge is 2.30. The molecule has 142 valence electrons. The van der Waals surface area contributed by atoms with E-state index in [-0.39, 0.29) is 11.4 Å². The van der Waals surface area contributed by atoms with Crippen molar-refractivity contribution in [3.63, 3.8) is 0 Å². The van der Waals surface area contributed by atoms with Gasteiger partial charge in [0.2, 0.25) is 0 Å². The molecule has 28 heavy (non-hydrogen) atoms. The molecule has 0 atom stereocenters. The lowest BCUT2D eigenvalue weighted by Gasteiger charge is -2.09. The van der Waals surface area contributed by atoms with Gasteiger partial charge in [-0.1, -0.05) is 24.3 Å². The quantitative estimate of drug-likeness (QED) is 0.526. The Morgan fingerprint density at radius 3 is 2.61 bits per heavy atom. The van der Waals surface area contributed by atoms with Crippen LogP contribution in [0.1, 0.15) is 21.7 Å². The van der Waals surface area contributed by atoms with Gasteiger partial charge < -0.3 is 10.3 Å². The minimum atomic E-state index is -4.45. The predicted molar refractivity (Wildman–Crippen MR) is 99.6 cm³/mol. The number of rotatable bonds is 3. The van der Waals surface area contributed by atoms with Crippen LogP contribution >= 0.6 is 0 Å². The van der Waals surface area contributed by atoms with E-state index < -0.39 is 17.6 Å². The van der Waals surface area contributed by atoms with E-state index in [0.717, 1.165) is 23.0 Å². The number of halogens is 3. The maximum Gasteiger partial charge on any atom is 0.416 e. The molecule has 0 fully saturated rings. The number of hydrogen-bond donors (Lipinski definition) is 2. The minimum absolute atomic E-state index is 0.105. The van der Waals surface area contributed by atoms with Crippen LogP contribution in [0.4, 0.5) is 19.0 Å². The van der Waals surface area contributed by atoms with Gasteiger partial charge in [0.05, 0.1) is 11.3 Å². The molecule has 0 bridgehead atoms. The smallest absolute Gasteiger partial charge is 0.341 e. The molecule has 0 aliphatic heterocycles. The zero-order chi connectivity index (χ0) is 19.9. The molecule has 0 radical (unpaired) electrons. The van der Waals surface area contributed by atoms with Crippen LogP contribution in [0.25, 0.3) is 16.6 Å². The van der Waals surface area contributed by atoms with E-state index in [4.69, 9.17) is 0 Å².